The second-order valence-electron chi connectivity index (χ2n) is 10.3. The zero-order valence-corrected chi connectivity index (χ0v) is 19.5. The van der Waals surface area contributed by atoms with Crippen LogP contribution in [0.4, 0.5) is 0 Å². The average molecular weight is 470 g/mol. The van der Waals surface area contributed by atoms with Gasteiger partial charge in [-0.1, -0.05) is 72.3 Å². The molecule has 0 N–H and O–H groups in total. The normalized spacial score (nSPS) is 30.6. The number of hydrogen-bond acceptors (Lipinski definition) is 5. The predicted molar refractivity (Wildman–Crippen MR) is 127 cm³/mol. The minimum absolute atomic E-state index is 0.0768. The fourth-order valence-corrected chi connectivity index (χ4v) is 6.46. The van der Waals surface area contributed by atoms with Crippen molar-refractivity contribution in [2.45, 2.75) is 25.8 Å². The van der Waals surface area contributed by atoms with Gasteiger partial charge in [0.1, 0.15) is 6.04 Å². The molecule has 2 bridgehead atoms. The van der Waals surface area contributed by atoms with Gasteiger partial charge in [-0.2, -0.15) is 0 Å². The van der Waals surface area contributed by atoms with E-state index in [-0.39, 0.29) is 47.7 Å². The molecule has 1 saturated heterocycles. The molecule has 0 spiro atoms. The summed E-state index contributed by atoms with van der Waals surface area (Å²) in [6, 6.07) is 15.2. The molecule has 2 amide bonds. The van der Waals surface area contributed by atoms with Crippen LogP contribution in [0, 0.1) is 42.4 Å². The molecule has 2 saturated carbocycles. The molecule has 3 fully saturated rings. The fraction of sp³-hybridized carbons (Fsp3) is 0.379. The maximum atomic E-state index is 13.6. The van der Waals surface area contributed by atoms with Crippen LogP contribution in [-0.2, 0) is 25.5 Å². The predicted octanol–water partition coefficient (Wildman–Crippen LogP) is 3.39. The van der Waals surface area contributed by atoms with Gasteiger partial charge in [-0.3, -0.25) is 19.3 Å². The molecule has 178 valence electrons. The molecule has 7 atom stereocenters. The van der Waals surface area contributed by atoms with Gasteiger partial charge in [-0.05, 0) is 42.6 Å². The monoisotopic (exact) mass is 469 g/mol. The Morgan fingerprint density at radius 2 is 1.51 bits per heavy atom. The van der Waals surface area contributed by atoms with Crippen molar-refractivity contribution in [1.82, 2.24) is 4.90 Å². The van der Waals surface area contributed by atoms with Crippen LogP contribution in [0.15, 0.2) is 66.7 Å². The highest BCUT2D eigenvalue weighted by Crippen LogP contribution is 2.65. The highest BCUT2D eigenvalue weighted by molar-refractivity contribution is 6.09. The largest absolute Gasteiger partial charge is 0.456 e. The second-order valence-corrected chi connectivity index (χ2v) is 10.3. The van der Waals surface area contributed by atoms with E-state index in [9.17, 15) is 19.2 Å². The molecule has 1 aliphatic heterocycles. The smallest absolute Gasteiger partial charge is 0.330 e. The minimum Gasteiger partial charge on any atom is -0.456 e. The lowest BCUT2D eigenvalue weighted by atomic mass is 9.63. The number of rotatable bonds is 7. The van der Waals surface area contributed by atoms with Gasteiger partial charge in [0.05, 0.1) is 11.8 Å². The molecular weight excluding hydrogens is 442 g/mol. The molecule has 6 heteroatoms. The van der Waals surface area contributed by atoms with Gasteiger partial charge in [0.15, 0.2) is 12.4 Å². The second kappa shape index (κ2) is 8.29. The summed E-state index contributed by atoms with van der Waals surface area (Å²) in [5, 5.41) is 0. The lowest BCUT2D eigenvalue weighted by molar-refractivity contribution is -0.158. The summed E-state index contributed by atoms with van der Waals surface area (Å²) in [4.78, 5) is 54.4. The van der Waals surface area contributed by atoms with Crippen molar-refractivity contribution in [3.05, 3.63) is 83.4 Å². The number of ether oxygens (including phenoxy) is 1. The van der Waals surface area contributed by atoms with Crippen molar-refractivity contribution in [3.8, 4) is 0 Å². The number of Topliss-reactive ketones (excluding diaryl/α,β-unsaturated/α-hetero) is 1. The van der Waals surface area contributed by atoms with E-state index in [0.29, 0.717) is 17.4 Å². The Bertz CT molecular complexity index is 1200. The summed E-state index contributed by atoms with van der Waals surface area (Å²) >= 11 is 0. The van der Waals surface area contributed by atoms with Crippen molar-refractivity contribution in [2.24, 2.45) is 35.5 Å². The molecule has 5 aliphatic rings. The fourth-order valence-electron chi connectivity index (χ4n) is 6.46. The molecule has 0 aromatic heterocycles. The standard InChI is InChI=1S/C29H27NO5/c1-16-7-9-18(10-8-16)24(31)15-35-29(34)23(13-17-5-3-2-4-6-17)30-27(32)25-19-11-12-20(22-14-21(19)22)26(25)28(30)33/h2-12,19-23,25-26H,13-15H2,1H3/t19-,20-,21-,22-,23-,25-,26+/m0/s1. The summed E-state index contributed by atoms with van der Waals surface area (Å²) < 4.78 is 5.43. The molecule has 2 aromatic rings. The SMILES string of the molecule is Cc1ccc(C(=O)COC(=O)[C@H](Cc2ccccc2)N2C(=O)[C@@H]3[C@H]4C=C[C@@H]([C@@H]5C[C@@H]45)[C@@H]3C2=O)cc1. The molecule has 1 heterocycles. The molecule has 0 radical (unpaired) electrons. The number of ketones is 1. The van der Waals surface area contributed by atoms with E-state index in [2.05, 4.69) is 12.2 Å². The van der Waals surface area contributed by atoms with Gasteiger partial charge in [-0.25, -0.2) is 4.79 Å². The number of likely N-dealkylation sites (tertiary alicyclic amines) is 1. The van der Waals surface area contributed by atoms with Gasteiger partial charge < -0.3 is 4.74 Å². The lowest BCUT2D eigenvalue weighted by Gasteiger charge is -2.37. The molecule has 7 rings (SSSR count). The van der Waals surface area contributed by atoms with Crippen molar-refractivity contribution in [2.75, 3.05) is 6.61 Å². The van der Waals surface area contributed by atoms with Gasteiger partial charge in [-0.15, -0.1) is 0 Å². The van der Waals surface area contributed by atoms with E-state index < -0.39 is 18.6 Å². The average Bonchev–Trinajstić information content (AvgIpc) is 3.65. The van der Waals surface area contributed by atoms with Gasteiger partial charge in [0.25, 0.3) is 0 Å². The van der Waals surface area contributed by atoms with Crippen molar-refractivity contribution in [1.29, 1.82) is 0 Å². The van der Waals surface area contributed by atoms with Crippen LogP contribution in [-0.4, -0.2) is 41.1 Å². The summed E-state index contributed by atoms with van der Waals surface area (Å²) in [6.07, 6.45) is 5.45. The van der Waals surface area contributed by atoms with Crippen LogP contribution in [0.2, 0.25) is 0 Å². The number of imide groups is 1. The Hall–Kier alpha value is -3.54. The van der Waals surface area contributed by atoms with E-state index in [1.807, 2.05) is 49.4 Å². The first kappa shape index (κ1) is 22.0. The number of carbonyl (C=O) groups excluding carboxylic acids is 4. The highest BCUT2D eigenvalue weighted by atomic mass is 16.5. The van der Waals surface area contributed by atoms with Crippen LogP contribution >= 0.6 is 0 Å². The van der Waals surface area contributed by atoms with Crippen LogP contribution in [0.5, 0.6) is 0 Å². The van der Waals surface area contributed by atoms with Crippen molar-refractivity contribution in [3.63, 3.8) is 0 Å². The number of aryl methyl sites for hydroxylation is 1. The Kier molecular flexibility index (Phi) is 5.20. The van der Waals surface area contributed by atoms with Crippen molar-refractivity contribution < 1.29 is 23.9 Å². The third-order valence-electron chi connectivity index (χ3n) is 8.27. The molecule has 0 unspecified atom stereocenters. The first-order valence-electron chi connectivity index (χ1n) is 12.3. The van der Waals surface area contributed by atoms with Crippen molar-refractivity contribution >= 4 is 23.6 Å². The number of carbonyl (C=O) groups is 4. The Labute approximate surface area is 203 Å². The van der Waals surface area contributed by atoms with E-state index in [4.69, 9.17) is 4.74 Å². The Morgan fingerprint density at radius 3 is 2.11 bits per heavy atom. The Balaban J connectivity index is 1.25. The van der Waals surface area contributed by atoms with Crippen LogP contribution < -0.4 is 0 Å². The van der Waals surface area contributed by atoms with E-state index >= 15 is 0 Å². The van der Waals surface area contributed by atoms with Gasteiger partial charge in [0.2, 0.25) is 11.8 Å². The molecular formula is C29H27NO5. The third kappa shape index (κ3) is 3.63. The number of esters is 1. The number of nitrogens with zero attached hydrogens (tertiary/aromatic N) is 1. The van der Waals surface area contributed by atoms with Gasteiger partial charge in [0, 0.05) is 12.0 Å². The van der Waals surface area contributed by atoms with E-state index in [1.54, 1.807) is 12.1 Å². The van der Waals surface area contributed by atoms with Crippen LogP contribution in [0.25, 0.3) is 0 Å². The highest BCUT2D eigenvalue weighted by Gasteiger charge is 2.68. The first-order valence-corrected chi connectivity index (χ1v) is 12.3. The molecule has 2 aromatic carbocycles. The van der Waals surface area contributed by atoms with Crippen LogP contribution in [0.3, 0.4) is 0 Å². The maximum Gasteiger partial charge on any atom is 0.330 e. The topological polar surface area (TPSA) is 80.8 Å². The lowest BCUT2D eigenvalue weighted by Crippen LogP contribution is -2.48. The summed E-state index contributed by atoms with van der Waals surface area (Å²) in [5.41, 5.74) is 2.29. The third-order valence-corrected chi connectivity index (χ3v) is 8.27. The number of hydrogen-bond donors (Lipinski definition) is 0. The first-order chi connectivity index (χ1) is 16.9. The molecule has 6 nitrogen and oxygen atoms in total. The Morgan fingerprint density at radius 1 is 0.914 bits per heavy atom. The quantitative estimate of drug-likeness (QED) is 0.269. The zero-order valence-electron chi connectivity index (χ0n) is 19.5. The number of benzene rings is 2. The van der Waals surface area contributed by atoms with Gasteiger partial charge >= 0.3 is 5.97 Å². The summed E-state index contributed by atoms with van der Waals surface area (Å²) in [7, 11) is 0. The minimum atomic E-state index is -1.09. The summed E-state index contributed by atoms with van der Waals surface area (Å²) in [5.74, 6) is -1.25. The number of amides is 2. The zero-order chi connectivity index (χ0) is 24.3. The maximum absolute atomic E-state index is 13.6. The van der Waals surface area contributed by atoms with E-state index in [1.165, 1.54) is 4.90 Å². The molecule has 4 aliphatic carbocycles. The van der Waals surface area contributed by atoms with Crippen LogP contribution in [0.1, 0.15) is 27.9 Å². The summed E-state index contributed by atoms with van der Waals surface area (Å²) in [6.45, 7) is 1.49. The molecule has 35 heavy (non-hydrogen) atoms. The number of allylic oxidation sites excluding steroid dienone is 2. The van der Waals surface area contributed by atoms with E-state index in [0.717, 1.165) is 17.5 Å².